The number of rotatable bonds is 2. The van der Waals surface area contributed by atoms with Gasteiger partial charge in [-0.3, -0.25) is 0 Å². The van der Waals surface area contributed by atoms with Gasteiger partial charge in [0.25, 0.3) is 0 Å². The van der Waals surface area contributed by atoms with E-state index in [4.69, 9.17) is 5.26 Å². The predicted octanol–water partition coefficient (Wildman–Crippen LogP) is 2.84. The van der Waals surface area contributed by atoms with Gasteiger partial charge in [-0.1, -0.05) is 0 Å². The van der Waals surface area contributed by atoms with E-state index in [1.807, 2.05) is 28.7 Å². The monoisotopic (exact) mass is 340 g/mol. The van der Waals surface area contributed by atoms with Crippen LogP contribution in [-0.2, 0) is 0 Å². The molecular weight excluding hydrogens is 334 g/mol. The molecule has 6 heteroatoms. The quantitative estimate of drug-likeness (QED) is 0.854. The van der Waals surface area contributed by atoms with E-state index in [0.717, 1.165) is 0 Å². The highest BCUT2D eigenvalue weighted by molar-refractivity contribution is 14.1. The first-order valence-corrected chi connectivity index (χ1v) is 5.72. The van der Waals surface area contributed by atoms with Crippen LogP contribution in [0.4, 0.5) is 15.9 Å². The standard InChI is InChI=1S/C11H6FIN4/c12-8-1-2-10(9(13)5-8)16-11-7(6-14)3-4-15-17-11/h1-5H,(H,16,17). The summed E-state index contributed by atoms with van der Waals surface area (Å²) in [5.74, 6) is 0.0547. The minimum Gasteiger partial charge on any atom is -0.337 e. The fourth-order valence-electron chi connectivity index (χ4n) is 1.23. The molecule has 2 aromatic rings. The summed E-state index contributed by atoms with van der Waals surface area (Å²) >= 11 is 2.00. The first-order valence-electron chi connectivity index (χ1n) is 4.64. The minimum absolute atomic E-state index is 0.306. The Kier molecular flexibility index (Phi) is 3.49. The second kappa shape index (κ2) is 5.05. The molecule has 0 aliphatic heterocycles. The van der Waals surface area contributed by atoms with Crippen molar-refractivity contribution in [3.8, 4) is 6.07 Å². The molecule has 0 aliphatic carbocycles. The van der Waals surface area contributed by atoms with Crippen LogP contribution in [0.5, 0.6) is 0 Å². The van der Waals surface area contributed by atoms with Gasteiger partial charge in [-0.05, 0) is 46.9 Å². The molecule has 2 rings (SSSR count). The van der Waals surface area contributed by atoms with Gasteiger partial charge in [-0.15, -0.1) is 5.10 Å². The number of hydrogen-bond donors (Lipinski definition) is 1. The highest BCUT2D eigenvalue weighted by atomic mass is 127. The largest absolute Gasteiger partial charge is 0.337 e. The molecule has 17 heavy (non-hydrogen) atoms. The van der Waals surface area contributed by atoms with Gasteiger partial charge in [-0.25, -0.2) is 4.39 Å². The van der Waals surface area contributed by atoms with Crippen LogP contribution in [0.25, 0.3) is 0 Å². The van der Waals surface area contributed by atoms with E-state index in [-0.39, 0.29) is 5.82 Å². The van der Waals surface area contributed by atoms with Crippen molar-refractivity contribution >= 4 is 34.1 Å². The first-order chi connectivity index (χ1) is 8.20. The van der Waals surface area contributed by atoms with Gasteiger partial charge in [0, 0.05) is 3.57 Å². The van der Waals surface area contributed by atoms with E-state index < -0.39 is 0 Å². The number of nitrogens with one attached hydrogen (secondary N) is 1. The third kappa shape index (κ3) is 2.68. The lowest BCUT2D eigenvalue weighted by atomic mass is 10.2. The molecule has 0 atom stereocenters. The lowest BCUT2D eigenvalue weighted by Crippen LogP contribution is -2.00. The maximum atomic E-state index is 12.9. The van der Waals surface area contributed by atoms with E-state index in [0.29, 0.717) is 20.6 Å². The SMILES string of the molecule is N#Cc1ccnnc1Nc1ccc(F)cc1I. The summed E-state index contributed by atoms with van der Waals surface area (Å²) in [6, 6.07) is 7.89. The van der Waals surface area contributed by atoms with Gasteiger partial charge in [0.05, 0.1) is 17.4 Å². The Labute approximate surface area is 111 Å². The third-order valence-corrected chi connectivity index (χ3v) is 2.92. The average molecular weight is 340 g/mol. The Morgan fingerprint density at radius 2 is 2.18 bits per heavy atom. The van der Waals surface area contributed by atoms with Crippen LogP contribution < -0.4 is 5.32 Å². The molecule has 1 N–H and O–H groups in total. The van der Waals surface area contributed by atoms with Gasteiger partial charge in [0.1, 0.15) is 11.9 Å². The van der Waals surface area contributed by atoms with Gasteiger partial charge in [0.15, 0.2) is 5.82 Å². The topological polar surface area (TPSA) is 61.6 Å². The summed E-state index contributed by atoms with van der Waals surface area (Å²) in [6.07, 6.45) is 1.44. The normalized spacial score (nSPS) is 9.71. The van der Waals surface area contributed by atoms with Crippen molar-refractivity contribution in [2.75, 3.05) is 5.32 Å². The molecule has 0 spiro atoms. The summed E-state index contributed by atoms with van der Waals surface area (Å²) in [7, 11) is 0. The van der Waals surface area contributed by atoms with Crippen molar-refractivity contribution in [3.63, 3.8) is 0 Å². The first kappa shape index (κ1) is 11.7. The maximum absolute atomic E-state index is 12.9. The van der Waals surface area contributed by atoms with Crippen LogP contribution in [0.3, 0.4) is 0 Å². The van der Waals surface area contributed by atoms with Crippen molar-refractivity contribution in [1.82, 2.24) is 10.2 Å². The Morgan fingerprint density at radius 1 is 1.35 bits per heavy atom. The summed E-state index contributed by atoms with van der Waals surface area (Å²) in [5.41, 5.74) is 1.07. The van der Waals surface area contributed by atoms with Crippen LogP contribution in [-0.4, -0.2) is 10.2 Å². The fraction of sp³-hybridized carbons (Fsp3) is 0. The molecule has 0 unspecified atom stereocenters. The molecule has 0 amide bonds. The molecule has 0 saturated heterocycles. The molecule has 0 fully saturated rings. The van der Waals surface area contributed by atoms with E-state index in [1.54, 1.807) is 12.1 Å². The smallest absolute Gasteiger partial charge is 0.171 e. The van der Waals surface area contributed by atoms with Gasteiger partial charge >= 0.3 is 0 Å². The van der Waals surface area contributed by atoms with Crippen LogP contribution in [0.1, 0.15) is 5.56 Å². The van der Waals surface area contributed by atoms with Crippen molar-refractivity contribution in [2.24, 2.45) is 0 Å². The van der Waals surface area contributed by atoms with Crippen molar-refractivity contribution in [1.29, 1.82) is 5.26 Å². The highest BCUT2D eigenvalue weighted by Crippen LogP contribution is 2.23. The zero-order valence-electron chi connectivity index (χ0n) is 8.48. The second-order valence-corrected chi connectivity index (χ2v) is 4.32. The molecule has 0 aliphatic rings. The average Bonchev–Trinajstić information content (AvgIpc) is 2.33. The molecule has 1 aromatic carbocycles. The number of aromatic nitrogens is 2. The molecule has 0 saturated carbocycles. The number of anilines is 2. The zero-order chi connectivity index (χ0) is 12.3. The summed E-state index contributed by atoms with van der Waals surface area (Å²) < 4.78 is 13.6. The van der Waals surface area contributed by atoms with Crippen LogP contribution >= 0.6 is 22.6 Å². The number of halogens is 2. The molecular formula is C11H6FIN4. The Hall–Kier alpha value is -1.75. The molecule has 84 valence electrons. The van der Waals surface area contributed by atoms with E-state index >= 15 is 0 Å². The molecule has 1 aromatic heterocycles. The lowest BCUT2D eigenvalue weighted by molar-refractivity contribution is 0.627. The number of benzene rings is 1. The fourth-order valence-corrected chi connectivity index (χ4v) is 1.84. The van der Waals surface area contributed by atoms with E-state index in [2.05, 4.69) is 15.5 Å². The van der Waals surface area contributed by atoms with E-state index in [9.17, 15) is 4.39 Å². The lowest BCUT2D eigenvalue weighted by Gasteiger charge is -2.07. The van der Waals surface area contributed by atoms with E-state index in [1.165, 1.54) is 18.3 Å². The Morgan fingerprint density at radius 3 is 2.88 bits per heavy atom. The molecule has 0 bridgehead atoms. The Balaban J connectivity index is 2.35. The zero-order valence-corrected chi connectivity index (χ0v) is 10.6. The summed E-state index contributed by atoms with van der Waals surface area (Å²) in [6.45, 7) is 0. The highest BCUT2D eigenvalue weighted by Gasteiger charge is 2.06. The minimum atomic E-state index is -0.306. The summed E-state index contributed by atoms with van der Waals surface area (Å²) in [4.78, 5) is 0. The van der Waals surface area contributed by atoms with Crippen molar-refractivity contribution < 1.29 is 4.39 Å². The van der Waals surface area contributed by atoms with Gasteiger partial charge in [0.2, 0.25) is 0 Å². The Bertz CT molecular complexity index is 594. The number of nitrogens with zero attached hydrogens (tertiary/aromatic N) is 3. The van der Waals surface area contributed by atoms with Crippen LogP contribution in [0.15, 0.2) is 30.5 Å². The molecule has 0 radical (unpaired) electrons. The van der Waals surface area contributed by atoms with Crippen molar-refractivity contribution in [2.45, 2.75) is 0 Å². The summed E-state index contributed by atoms with van der Waals surface area (Å²) in [5, 5.41) is 19.4. The third-order valence-electron chi connectivity index (χ3n) is 2.03. The second-order valence-electron chi connectivity index (χ2n) is 3.15. The maximum Gasteiger partial charge on any atom is 0.171 e. The molecule has 4 nitrogen and oxygen atoms in total. The number of hydrogen-bond acceptors (Lipinski definition) is 4. The van der Waals surface area contributed by atoms with Crippen molar-refractivity contribution in [3.05, 3.63) is 45.4 Å². The van der Waals surface area contributed by atoms with Gasteiger partial charge < -0.3 is 5.32 Å². The van der Waals surface area contributed by atoms with Crippen LogP contribution in [0, 0.1) is 20.7 Å². The molecule has 1 heterocycles. The number of nitriles is 1. The predicted molar refractivity (Wildman–Crippen MR) is 69.1 cm³/mol. The van der Waals surface area contributed by atoms with Crippen LogP contribution in [0.2, 0.25) is 0 Å². The van der Waals surface area contributed by atoms with Gasteiger partial charge in [-0.2, -0.15) is 10.4 Å².